The van der Waals surface area contributed by atoms with E-state index in [-0.39, 0.29) is 11.7 Å². The van der Waals surface area contributed by atoms with Crippen LogP contribution in [0.4, 0.5) is 5.69 Å². The van der Waals surface area contributed by atoms with E-state index in [0.29, 0.717) is 41.2 Å². The number of hydrogen-bond acceptors (Lipinski definition) is 4. The van der Waals surface area contributed by atoms with E-state index in [1.807, 2.05) is 18.2 Å². The Kier molecular flexibility index (Phi) is 4.07. The molecule has 2 aromatic carbocycles. The standard InChI is InChI=1S/C19H14ClNO4/c20-14-4-2-1-3-13(14)15-7-8-17(25-15)19(22)21-12-5-6-16-18(11-12)24-10-9-23-16/h1-8,11H,9-10H2,(H,21,22). The highest BCUT2D eigenvalue weighted by molar-refractivity contribution is 6.33. The van der Waals surface area contributed by atoms with E-state index in [9.17, 15) is 4.79 Å². The molecule has 1 amide bonds. The Hall–Kier alpha value is -2.92. The molecule has 0 spiro atoms. The summed E-state index contributed by atoms with van der Waals surface area (Å²) in [5.74, 6) is 1.67. The van der Waals surface area contributed by atoms with E-state index in [1.165, 1.54) is 0 Å². The minimum absolute atomic E-state index is 0.199. The van der Waals surface area contributed by atoms with Gasteiger partial charge in [-0.25, -0.2) is 0 Å². The Morgan fingerprint density at radius 1 is 0.960 bits per heavy atom. The SMILES string of the molecule is O=C(Nc1ccc2c(c1)OCCO2)c1ccc(-c2ccccc2Cl)o1. The lowest BCUT2D eigenvalue weighted by Crippen LogP contribution is -2.16. The molecule has 1 aliphatic rings. The second-order valence-electron chi connectivity index (χ2n) is 5.46. The van der Waals surface area contributed by atoms with E-state index >= 15 is 0 Å². The maximum atomic E-state index is 12.4. The molecule has 1 N–H and O–H groups in total. The predicted octanol–water partition coefficient (Wildman–Crippen LogP) is 4.62. The summed E-state index contributed by atoms with van der Waals surface area (Å²) in [6, 6.07) is 15.9. The average molecular weight is 356 g/mol. The molecule has 126 valence electrons. The summed E-state index contributed by atoms with van der Waals surface area (Å²) in [5.41, 5.74) is 1.34. The molecule has 0 radical (unpaired) electrons. The number of ether oxygens (including phenoxy) is 2. The average Bonchev–Trinajstić information content (AvgIpc) is 3.12. The molecule has 0 bridgehead atoms. The zero-order valence-electron chi connectivity index (χ0n) is 13.1. The van der Waals surface area contributed by atoms with Gasteiger partial charge in [0.15, 0.2) is 17.3 Å². The summed E-state index contributed by atoms with van der Waals surface area (Å²) in [5, 5.41) is 3.35. The number of fused-ring (bicyclic) bond motifs is 1. The van der Waals surface area contributed by atoms with Crippen LogP contribution in [-0.2, 0) is 0 Å². The quantitative estimate of drug-likeness (QED) is 0.744. The molecule has 0 atom stereocenters. The van der Waals surface area contributed by atoms with Crippen molar-refractivity contribution in [3.05, 3.63) is 65.4 Å². The van der Waals surface area contributed by atoms with Crippen LogP contribution in [0, 0.1) is 0 Å². The number of carbonyl (C=O) groups excluding carboxylic acids is 1. The maximum Gasteiger partial charge on any atom is 0.291 e. The zero-order chi connectivity index (χ0) is 17.2. The fraction of sp³-hybridized carbons (Fsp3) is 0.105. The monoisotopic (exact) mass is 355 g/mol. The van der Waals surface area contributed by atoms with Crippen molar-refractivity contribution >= 4 is 23.2 Å². The van der Waals surface area contributed by atoms with Gasteiger partial charge >= 0.3 is 0 Å². The first-order chi connectivity index (χ1) is 12.2. The molecule has 0 saturated heterocycles. The van der Waals surface area contributed by atoms with E-state index < -0.39 is 0 Å². The molecule has 3 aromatic rings. The summed E-state index contributed by atoms with van der Waals surface area (Å²) < 4.78 is 16.6. The van der Waals surface area contributed by atoms with Gasteiger partial charge in [0.05, 0.1) is 5.02 Å². The minimum Gasteiger partial charge on any atom is -0.486 e. The molecule has 1 aromatic heterocycles. The molecule has 1 aliphatic heterocycles. The van der Waals surface area contributed by atoms with Crippen LogP contribution in [0.5, 0.6) is 11.5 Å². The van der Waals surface area contributed by atoms with E-state index in [2.05, 4.69) is 5.32 Å². The number of rotatable bonds is 3. The van der Waals surface area contributed by atoms with Crippen LogP contribution in [0.25, 0.3) is 11.3 Å². The molecular weight excluding hydrogens is 342 g/mol. The first-order valence-electron chi connectivity index (χ1n) is 7.76. The third kappa shape index (κ3) is 3.19. The topological polar surface area (TPSA) is 60.7 Å². The maximum absolute atomic E-state index is 12.4. The molecule has 0 unspecified atom stereocenters. The number of benzene rings is 2. The Balaban J connectivity index is 1.53. The van der Waals surface area contributed by atoms with Crippen LogP contribution >= 0.6 is 11.6 Å². The first-order valence-corrected chi connectivity index (χ1v) is 8.14. The van der Waals surface area contributed by atoms with E-state index in [0.717, 1.165) is 5.56 Å². The number of hydrogen-bond donors (Lipinski definition) is 1. The molecule has 5 nitrogen and oxygen atoms in total. The van der Waals surface area contributed by atoms with Crippen LogP contribution < -0.4 is 14.8 Å². The second kappa shape index (κ2) is 6.53. The van der Waals surface area contributed by atoms with Gasteiger partial charge in [-0.15, -0.1) is 0 Å². The Morgan fingerprint density at radius 3 is 2.60 bits per heavy atom. The number of amides is 1. The summed E-state index contributed by atoms with van der Waals surface area (Å²) in [4.78, 5) is 12.4. The third-order valence-electron chi connectivity index (χ3n) is 3.77. The van der Waals surface area contributed by atoms with Crippen molar-refractivity contribution in [1.82, 2.24) is 0 Å². The van der Waals surface area contributed by atoms with Gasteiger partial charge < -0.3 is 19.2 Å². The first kappa shape index (κ1) is 15.6. The summed E-state index contributed by atoms with van der Waals surface area (Å²) in [7, 11) is 0. The lowest BCUT2D eigenvalue weighted by atomic mass is 10.2. The third-order valence-corrected chi connectivity index (χ3v) is 4.10. The van der Waals surface area contributed by atoms with Crippen molar-refractivity contribution < 1.29 is 18.7 Å². The lowest BCUT2D eigenvalue weighted by Gasteiger charge is -2.18. The van der Waals surface area contributed by atoms with Crippen LogP contribution in [0.2, 0.25) is 5.02 Å². The minimum atomic E-state index is -0.352. The van der Waals surface area contributed by atoms with Gasteiger partial charge in [0.1, 0.15) is 19.0 Å². The van der Waals surface area contributed by atoms with E-state index in [1.54, 1.807) is 36.4 Å². The molecule has 4 rings (SSSR count). The van der Waals surface area contributed by atoms with Gasteiger partial charge in [0.2, 0.25) is 0 Å². The fourth-order valence-electron chi connectivity index (χ4n) is 2.58. The van der Waals surface area contributed by atoms with Crippen molar-refractivity contribution in [3.8, 4) is 22.8 Å². The fourth-order valence-corrected chi connectivity index (χ4v) is 2.81. The largest absolute Gasteiger partial charge is 0.486 e. The van der Waals surface area contributed by atoms with Crippen molar-refractivity contribution in [3.63, 3.8) is 0 Å². The number of anilines is 1. The molecule has 0 aliphatic carbocycles. The van der Waals surface area contributed by atoms with Gasteiger partial charge in [0.25, 0.3) is 5.91 Å². The van der Waals surface area contributed by atoms with Crippen molar-refractivity contribution in [1.29, 1.82) is 0 Å². The van der Waals surface area contributed by atoms with E-state index in [4.69, 9.17) is 25.5 Å². The molecule has 0 saturated carbocycles. The van der Waals surface area contributed by atoms with Gasteiger partial charge in [-0.2, -0.15) is 0 Å². The molecule has 0 fully saturated rings. The summed E-state index contributed by atoms with van der Waals surface area (Å²) in [6.45, 7) is 1.01. The van der Waals surface area contributed by atoms with Crippen LogP contribution in [0.3, 0.4) is 0 Å². The highest BCUT2D eigenvalue weighted by Gasteiger charge is 2.16. The van der Waals surface area contributed by atoms with Gasteiger partial charge in [0, 0.05) is 17.3 Å². The number of carbonyl (C=O) groups is 1. The molecular formula is C19H14ClNO4. The smallest absolute Gasteiger partial charge is 0.291 e. The summed E-state index contributed by atoms with van der Waals surface area (Å²) >= 11 is 6.16. The van der Waals surface area contributed by atoms with Crippen LogP contribution in [0.1, 0.15) is 10.6 Å². The highest BCUT2D eigenvalue weighted by Crippen LogP contribution is 2.33. The van der Waals surface area contributed by atoms with Crippen molar-refractivity contribution in [2.45, 2.75) is 0 Å². The second-order valence-corrected chi connectivity index (χ2v) is 5.86. The number of furan rings is 1. The van der Waals surface area contributed by atoms with Crippen molar-refractivity contribution in [2.24, 2.45) is 0 Å². The number of halogens is 1. The van der Waals surface area contributed by atoms with Crippen LogP contribution in [-0.4, -0.2) is 19.1 Å². The lowest BCUT2D eigenvalue weighted by molar-refractivity contribution is 0.0997. The van der Waals surface area contributed by atoms with Gasteiger partial charge in [-0.1, -0.05) is 23.7 Å². The normalized spacial score (nSPS) is 12.7. The van der Waals surface area contributed by atoms with Gasteiger partial charge in [-0.3, -0.25) is 4.79 Å². The van der Waals surface area contributed by atoms with Crippen LogP contribution in [0.15, 0.2) is 59.0 Å². The Labute approximate surface area is 149 Å². The number of nitrogens with one attached hydrogen (secondary N) is 1. The summed E-state index contributed by atoms with van der Waals surface area (Å²) in [6.07, 6.45) is 0. The van der Waals surface area contributed by atoms with Gasteiger partial charge in [-0.05, 0) is 36.4 Å². The van der Waals surface area contributed by atoms with Crippen molar-refractivity contribution in [2.75, 3.05) is 18.5 Å². The molecule has 6 heteroatoms. The Morgan fingerprint density at radius 2 is 1.76 bits per heavy atom. The predicted molar refractivity (Wildman–Crippen MR) is 94.5 cm³/mol. The molecule has 2 heterocycles. The molecule has 25 heavy (non-hydrogen) atoms. The highest BCUT2D eigenvalue weighted by atomic mass is 35.5. The Bertz CT molecular complexity index is 935. The zero-order valence-corrected chi connectivity index (χ0v) is 13.9.